The van der Waals surface area contributed by atoms with Crippen LogP contribution in [-0.4, -0.2) is 63.4 Å². The molecule has 1 saturated heterocycles. The molecule has 184 valence electrons. The van der Waals surface area contributed by atoms with E-state index in [4.69, 9.17) is 32.7 Å². The fourth-order valence-electron chi connectivity index (χ4n) is 6.22. The summed E-state index contributed by atoms with van der Waals surface area (Å²) in [5.74, 6) is 0.850. The number of nitrogens with one attached hydrogen (secondary N) is 1. The molecule has 7 heteroatoms. The maximum Gasteiger partial charge on any atom is 0.224 e. The highest BCUT2D eigenvalue weighted by Gasteiger charge is 2.62. The summed E-state index contributed by atoms with van der Waals surface area (Å²) in [4.78, 5) is 13.0. The Morgan fingerprint density at radius 3 is 2.62 bits per heavy atom. The van der Waals surface area contributed by atoms with Gasteiger partial charge in [-0.05, 0) is 54.7 Å². The number of carbonyl (C=O) groups is 1. The van der Waals surface area contributed by atoms with Gasteiger partial charge in [-0.3, -0.25) is 4.79 Å². The first-order valence-electron chi connectivity index (χ1n) is 11.9. The van der Waals surface area contributed by atoms with Crippen LogP contribution in [0.5, 0.6) is 5.75 Å². The number of ether oxygens (including phenoxy) is 2. The van der Waals surface area contributed by atoms with E-state index in [-0.39, 0.29) is 29.4 Å². The molecule has 0 bridgehead atoms. The fourth-order valence-corrected chi connectivity index (χ4v) is 6.55. The van der Waals surface area contributed by atoms with E-state index in [1.807, 2.05) is 19.2 Å². The van der Waals surface area contributed by atoms with E-state index >= 15 is 0 Å². The molecule has 0 unspecified atom stereocenters. The summed E-state index contributed by atoms with van der Waals surface area (Å²) in [5.41, 5.74) is 1.58. The lowest BCUT2D eigenvalue weighted by atomic mass is 9.54. The molecule has 4 rings (SSSR count). The van der Waals surface area contributed by atoms with E-state index in [2.05, 4.69) is 37.6 Å². The van der Waals surface area contributed by atoms with Crippen molar-refractivity contribution < 1.29 is 18.8 Å². The van der Waals surface area contributed by atoms with Gasteiger partial charge in [-0.15, -0.1) is 0 Å². The molecule has 1 amide bonds. The van der Waals surface area contributed by atoms with Crippen LogP contribution >= 0.6 is 23.2 Å². The van der Waals surface area contributed by atoms with Crippen molar-refractivity contribution in [3.8, 4) is 5.75 Å². The minimum Gasteiger partial charge on any atom is -0.497 e. The van der Waals surface area contributed by atoms with E-state index in [0.29, 0.717) is 10.0 Å². The van der Waals surface area contributed by atoms with Crippen molar-refractivity contribution in [1.29, 1.82) is 0 Å². The second-order valence-corrected chi connectivity index (χ2v) is 11.3. The number of halogens is 2. The minimum atomic E-state index is -0.300. The number of benzene rings is 2. The first kappa shape index (κ1) is 25.3. The number of likely N-dealkylation sites (N-methyl/N-ethyl adjacent to an activating group) is 1. The monoisotopic (exact) mass is 505 g/mol. The molecule has 1 aliphatic carbocycles. The highest BCUT2D eigenvalue weighted by Crippen LogP contribution is 2.54. The molecule has 2 aliphatic rings. The zero-order valence-corrected chi connectivity index (χ0v) is 22.0. The Kier molecular flexibility index (Phi) is 7.21. The summed E-state index contributed by atoms with van der Waals surface area (Å²) in [7, 11) is 8.11. The SMILES string of the molecule is COc1cccc([C@@]23CC[N+](C)(C)C[C@@]2(OC)CC[C@H](NC(=O)Cc2ccc(Cl)c(Cl)c2)C3)c1. The van der Waals surface area contributed by atoms with Crippen LogP contribution in [0.25, 0.3) is 0 Å². The van der Waals surface area contributed by atoms with Gasteiger partial charge in [-0.2, -0.15) is 0 Å². The summed E-state index contributed by atoms with van der Waals surface area (Å²) in [6.07, 6.45) is 3.87. The predicted octanol–water partition coefficient (Wildman–Crippen LogP) is 5.02. The topological polar surface area (TPSA) is 47.6 Å². The van der Waals surface area contributed by atoms with Gasteiger partial charge in [0, 0.05) is 25.0 Å². The highest BCUT2D eigenvalue weighted by atomic mass is 35.5. The number of carbonyl (C=O) groups excluding carboxylic acids is 1. The van der Waals surface area contributed by atoms with Crippen molar-refractivity contribution in [3.63, 3.8) is 0 Å². The molecule has 2 aromatic carbocycles. The van der Waals surface area contributed by atoms with Crippen LogP contribution in [0, 0.1) is 0 Å². The molecule has 0 aromatic heterocycles. The summed E-state index contributed by atoms with van der Waals surface area (Å²) in [6.45, 7) is 1.98. The molecule has 3 atom stereocenters. The molecule has 2 aromatic rings. The number of quaternary nitrogens is 1. The first-order chi connectivity index (χ1) is 16.1. The molecule has 1 saturated carbocycles. The van der Waals surface area contributed by atoms with Crippen LogP contribution in [0.3, 0.4) is 0 Å². The summed E-state index contributed by atoms with van der Waals surface area (Å²) < 4.78 is 12.9. The zero-order chi connectivity index (χ0) is 24.6. The summed E-state index contributed by atoms with van der Waals surface area (Å²) in [5, 5.41) is 4.27. The van der Waals surface area contributed by atoms with Gasteiger partial charge in [-0.1, -0.05) is 41.4 Å². The lowest BCUT2D eigenvalue weighted by Crippen LogP contribution is -2.71. The standard InChI is InChI=1S/C27H34Cl2N2O3/c1-31(2)13-12-26(20-6-5-7-22(16-20)33-3)17-21(10-11-27(26,18-31)34-4)30-25(32)15-19-8-9-23(28)24(29)14-19/h5-9,14,16,21H,10-13,15,17-18H2,1-4H3/p+1/t21-,26-,27-/m0/s1. The number of methoxy groups -OCH3 is 2. The normalized spacial score (nSPS) is 28.1. The van der Waals surface area contributed by atoms with Crippen molar-refractivity contribution in [2.45, 2.75) is 49.2 Å². The lowest BCUT2D eigenvalue weighted by molar-refractivity contribution is -0.905. The molecule has 0 radical (unpaired) electrons. The number of likely N-dealkylation sites (tertiary alicyclic amines) is 1. The Labute approximate surface area is 212 Å². The summed E-state index contributed by atoms with van der Waals surface area (Å²) >= 11 is 12.2. The van der Waals surface area contributed by atoms with Gasteiger partial charge in [-0.25, -0.2) is 0 Å². The Hall–Kier alpha value is -1.79. The second kappa shape index (κ2) is 9.69. The molecule has 1 aliphatic heterocycles. The number of piperidine rings is 1. The van der Waals surface area contributed by atoms with Crippen molar-refractivity contribution in [2.75, 3.05) is 41.4 Å². The average molecular weight is 506 g/mol. The summed E-state index contributed by atoms with van der Waals surface area (Å²) in [6, 6.07) is 13.8. The van der Waals surface area contributed by atoms with Crippen molar-refractivity contribution in [3.05, 3.63) is 63.6 Å². The molecular formula is C27H35Cl2N2O3+. The van der Waals surface area contributed by atoms with Gasteiger partial charge >= 0.3 is 0 Å². The van der Waals surface area contributed by atoms with Crippen LogP contribution in [0.4, 0.5) is 0 Å². The van der Waals surface area contributed by atoms with Gasteiger partial charge in [0.05, 0.1) is 44.2 Å². The van der Waals surface area contributed by atoms with E-state index in [1.54, 1.807) is 19.2 Å². The third-order valence-electron chi connectivity index (χ3n) is 7.92. The van der Waals surface area contributed by atoms with Gasteiger partial charge in [0.15, 0.2) is 0 Å². The third kappa shape index (κ3) is 4.81. The van der Waals surface area contributed by atoms with E-state index in [9.17, 15) is 4.79 Å². The molecule has 0 spiro atoms. The number of rotatable bonds is 6. The van der Waals surface area contributed by atoms with Crippen LogP contribution in [-0.2, 0) is 21.4 Å². The van der Waals surface area contributed by atoms with E-state index < -0.39 is 0 Å². The predicted molar refractivity (Wildman–Crippen MR) is 137 cm³/mol. The number of fused-ring (bicyclic) bond motifs is 1. The number of hydrogen-bond acceptors (Lipinski definition) is 3. The van der Waals surface area contributed by atoms with E-state index in [0.717, 1.165) is 54.6 Å². The molecule has 34 heavy (non-hydrogen) atoms. The molecule has 1 heterocycles. The van der Waals surface area contributed by atoms with E-state index in [1.165, 1.54) is 5.56 Å². The largest absolute Gasteiger partial charge is 0.497 e. The van der Waals surface area contributed by atoms with Crippen LogP contribution in [0.15, 0.2) is 42.5 Å². The van der Waals surface area contributed by atoms with Crippen LogP contribution < -0.4 is 10.1 Å². The fraction of sp³-hybridized carbons (Fsp3) is 0.519. The van der Waals surface area contributed by atoms with Gasteiger partial charge in [0.1, 0.15) is 17.9 Å². The maximum absolute atomic E-state index is 13.0. The van der Waals surface area contributed by atoms with Gasteiger partial charge in [0.25, 0.3) is 0 Å². The Morgan fingerprint density at radius 1 is 1.12 bits per heavy atom. The quantitative estimate of drug-likeness (QED) is 0.560. The molecule has 1 N–H and O–H groups in total. The van der Waals surface area contributed by atoms with Crippen LogP contribution in [0.1, 0.15) is 36.8 Å². The minimum absolute atomic E-state index is 0.000943. The molecule has 2 fully saturated rings. The van der Waals surface area contributed by atoms with Crippen molar-refractivity contribution in [2.24, 2.45) is 0 Å². The Morgan fingerprint density at radius 2 is 1.91 bits per heavy atom. The van der Waals surface area contributed by atoms with Crippen molar-refractivity contribution in [1.82, 2.24) is 5.32 Å². The first-order valence-corrected chi connectivity index (χ1v) is 12.6. The smallest absolute Gasteiger partial charge is 0.224 e. The maximum atomic E-state index is 13.0. The Balaban J connectivity index is 1.61. The Bertz CT molecular complexity index is 1060. The van der Waals surface area contributed by atoms with Gasteiger partial charge in [0.2, 0.25) is 5.91 Å². The lowest BCUT2D eigenvalue weighted by Gasteiger charge is -2.60. The number of hydrogen-bond donors (Lipinski definition) is 1. The van der Waals surface area contributed by atoms with Crippen molar-refractivity contribution >= 4 is 29.1 Å². The third-order valence-corrected chi connectivity index (χ3v) is 8.66. The molecular weight excluding hydrogens is 471 g/mol. The number of nitrogens with zero attached hydrogens (tertiary/aromatic N) is 1. The number of amides is 1. The highest BCUT2D eigenvalue weighted by molar-refractivity contribution is 6.42. The molecule has 5 nitrogen and oxygen atoms in total. The van der Waals surface area contributed by atoms with Gasteiger partial charge < -0.3 is 19.3 Å². The second-order valence-electron chi connectivity index (χ2n) is 10.5. The van der Waals surface area contributed by atoms with Crippen LogP contribution in [0.2, 0.25) is 10.0 Å². The average Bonchev–Trinajstić information content (AvgIpc) is 2.81. The zero-order valence-electron chi connectivity index (χ0n) is 20.5.